The fraction of sp³-hybridized carbons (Fsp3) is 0.529. The third kappa shape index (κ3) is 4.20. The Kier molecular flexibility index (Phi) is 5.36. The Morgan fingerprint density at radius 3 is 2.41 bits per heavy atom. The van der Waals surface area contributed by atoms with E-state index in [1.807, 2.05) is 0 Å². The maximum atomic E-state index is 14.0. The summed E-state index contributed by atoms with van der Waals surface area (Å²) in [6.45, 7) is -0.379. The van der Waals surface area contributed by atoms with Crippen molar-refractivity contribution in [3.63, 3.8) is 0 Å². The molecule has 2 bridgehead atoms. The monoisotopic (exact) mass is 404 g/mol. The Hall–Kier alpha value is -2.23. The lowest BCUT2D eigenvalue weighted by Crippen LogP contribution is -2.43. The van der Waals surface area contributed by atoms with Gasteiger partial charge in [-0.05, 0) is 43.1 Å². The van der Waals surface area contributed by atoms with Crippen LogP contribution in [-0.2, 0) is 35.2 Å². The van der Waals surface area contributed by atoms with Crippen molar-refractivity contribution < 1.29 is 40.4 Å². The van der Waals surface area contributed by atoms with Crippen LogP contribution in [0.2, 0.25) is 0 Å². The van der Waals surface area contributed by atoms with Gasteiger partial charge in [-0.2, -0.15) is 17.2 Å². The highest BCUT2D eigenvalue weighted by Crippen LogP contribution is 2.46. The first-order valence-electron chi connectivity index (χ1n) is 8.42. The molecule has 27 heavy (non-hydrogen) atoms. The number of rotatable bonds is 6. The van der Waals surface area contributed by atoms with E-state index in [1.165, 1.54) is 0 Å². The van der Waals surface area contributed by atoms with Crippen LogP contribution in [0, 0.1) is 11.8 Å². The molecule has 2 fully saturated rings. The fourth-order valence-corrected chi connectivity index (χ4v) is 4.11. The number of hydrogen-bond donors (Lipinski definition) is 0. The zero-order chi connectivity index (χ0) is 19.7. The molecule has 0 aromatic heterocycles. The summed E-state index contributed by atoms with van der Waals surface area (Å²) in [6, 6.07) is 8.13. The van der Waals surface area contributed by atoms with Gasteiger partial charge in [-0.3, -0.25) is 0 Å². The van der Waals surface area contributed by atoms with Crippen LogP contribution in [0.15, 0.2) is 30.3 Å². The molecule has 0 radical (unpaired) electrons. The second kappa shape index (κ2) is 7.41. The van der Waals surface area contributed by atoms with Crippen molar-refractivity contribution in [1.29, 1.82) is 0 Å². The number of halogens is 2. The minimum absolute atomic E-state index is 0.0331. The number of ether oxygens (including phenoxy) is 2. The molecule has 7 nitrogen and oxygen atoms in total. The van der Waals surface area contributed by atoms with Gasteiger partial charge in [0.15, 0.2) is 0 Å². The van der Waals surface area contributed by atoms with E-state index in [-0.39, 0.29) is 12.5 Å². The normalized spacial score (nSPS) is 24.4. The smallest absolute Gasteiger partial charge is 0.457 e. The van der Waals surface area contributed by atoms with E-state index in [4.69, 9.17) is 4.74 Å². The first-order chi connectivity index (χ1) is 12.7. The predicted octanol–water partition coefficient (Wildman–Crippen LogP) is 2.99. The van der Waals surface area contributed by atoms with Crippen molar-refractivity contribution >= 4 is 22.2 Å². The largest absolute Gasteiger partial charge is 0.524 e. The van der Waals surface area contributed by atoms with Gasteiger partial charge in [-0.15, -0.1) is 0 Å². The second-order valence-corrected chi connectivity index (χ2v) is 8.28. The molecular formula is C17H18F2O7S. The molecule has 148 valence electrons. The van der Waals surface area contributed by atoms with Gasteiger partial charge in [0, 0.05) is 0 Å². The average molecular weight is 404 g/mol. The lowest BCUT2D eigenvalue weighted by atomic mass is 9.98. The highest BCUT2D eigenvalue weighted by molar-refractivity contribution is 7.89. The van der Waals surface area contributed by atoms with Crippen molar-refractivity contribution in [3.8, 4) is 0 Å². The Labute approximate surface area is 154 Å². The van der Waals surface area contributed by atoms with Gasteiger partial charge in [0.05, 0.1) is 0 Å². The molecule has 10 heteroatoms. The Morgan fingerprint density at radius 2 is 1.81 bits per heavy atom. The minimum Gasteiger partial charge on any atom is -0.457 e. The van der Waals surface area contributed by atoms with Gasteiger partial charge in [-0.25, -0.2) is 9.59 Å². The van der Waals surface area contributed by atoms with Crippen molar-refractivity contribution in [2.24, 2.45) is 11.8 Å². The minimum atomic E-state index is -5.90. The quantitative estimate of drug-likeness (QED) is 0.531. The summed E-state index contributed by atoms with van der Waals surface area (Å²) in [5.41, 5.74) is 0.495. The lowest BCUT2D eigenvalue weighted by molar-refractivity contribution is -0.169. The number of esters is 1. The molecule has 0 amide bonds. The van der Waals surface area contributed by atoms with Crippen LogP contribution < -0.4 is 0 Å². The fourth-order valence-electron chi connectivity index (χ4n) is 3.52. The number of carbonyl (C=O) groups excluding carboxylic acids is 2. The van der Waals surface area contributed by atoms with Gasteiger partial charge in [0.1, 0.15) is 12.7 Å². The molecule has 2 aliphatic rings. The van der Waals surface area contributed by atoms with Crippen LogP contribution in [0.25, 0.3) is 0 Å². The third-order valence-electron chi connectivity index (χ3n) is 4.86. The summed E-state index contributed by atoms with van der Waals surface area (Å²) in [5.74, 6) is -1.97. The van der Waals surface area contributed by atoms with Crippen LogP contribution in [0.1, 0.15) is 31.2 Å². The van der Waals surface area contributed by atoms with Crippen LogP contribution in [0.5, 0.6) is 0 Å². The van der Waals surface area contributed by atoms with Gasteiger partial charge in [-0.1, -0.05) is 30.3 Å². The first-order valence-corrected chi connectivity index (χ1v) is 9.83. The molecule has 0 aliphatic heterocycles. The number of carbonyl (C=O) groups is 2. The molecule has 3 atom stereocenters. The second-order valence-electron chi connectivity index (χ2n) is 6.70. The standard InChI is InChI=1S/C17H18F2O7S/c18-17(19,15(20)25-14-9-12-6-7-13(14)8-12)27(22,23)26-16(21)24-10-11-4-2-1-3-5-11/h1-5,12-14H,6-10H2. The molecule has 3 unspecified atom stereocenters. The predicted molar refractivity (Wildman–Crippen MR) is 86.9 cm³/mol. The Balaban J connectivity index is 1.56. The highest BCUT2D eigenvalue weighted by Gasteiger charge is 2.59. The summed E-state index contributed by atoms with van der Waals surface area (Å²) in [4.78, 5) is 23.2. The Morgan fingerprint density at radius 1 is 1.11 bits per heavy atom. The highest BCUT2D eigenvalue weighted by atomic mass is 32.2. The summed E-state index contributed by atoms with van der Waals surface area (Å²) < 4.78 is 64.3. The van der Waals surface area contributed by atoms with Crippen LogP contribution in [0.3, 0.4) is 0 Å². The molecule has 1 aromatic rings. The molecule has 0 saturated heterocycles. The van der Waals surface area contributed by atoms with Crippen LogP contribution >= 0.6 is 0 Å². The molecule has 3 rings (SSSR count). The van der Waals surface area contributed by atoms with Gasteiger partial charge >= 0.3 is 27.5 Å². The average Bonchev–Trinajstić information content (AvgIpc) is 3.23. The number of alkyl halides is 2. The SMILES string of the molecule is O=C(OCc1ccccc1)OS(=O)(=O)C(F)(F)C(=O)OC1CC2CCC1C2. The molecule has 0 spiro atoms. The van der Waals surface area contributed by atoms with Crippen molar-refractivity contribution in [3.05, 3.63) is 35.9 Å². The van der Waals surface area contributed by atoms with E-state index in [9.17, 15) is 26.8 Å². The van der Waals surface area contributed by atoms with E-state index >= 15 is 0 Å². The maximum absolute atomic E-state index is 14.0. The molecule has 0 heterocycles. The van der Waals surface area contributed by atoms with E-state index < -0.39 is 33.6 Å². The van der Waals surface area contributed by atoms with E-state index in [0.717, 1.165) is 19.3 Å². The van der Waals surface area contributed by atoms with Gasteiger partial charge in [0.25, 0.3) is 0 Å². The zero-order valence-electron chi connectivity index (χ0n) is 14.2. The summed E-state index contributed by atoms with van der Waals surface area (Å²) in [7, 11) is -5.90. The van der Waals surface area contributed by atoms with Crippen molar-refractivity contribution in [1.82, 2.24) is 0 Å². The number of fused-ring (bicyclic) bond motifs is 2. The summed E-state index contributed by atoms with van der Waals surface area (Å²) in [5, 5.41) is -5.01. The Bertz CT molecular complexity index is 810. The summed E-state index contributed by atoms with van der Waals surface area (Å²) >= 11 is 0. The third-order valence-corrected chi connectivity index (χ3v) is 6.01. The van der Waals surface area contributed by atoms with Crippen LogP contribution in [-0.4, -0.2) is 31.9 Å². The van der Waals surface area contributed by atoms with Gasteiger partial charge in [0.2, 0.25) is 0 Å². The van der Waals surface area contributed by atoms with Crippen molar-refractivity contribution in [2.45, 2.75) is 43.6 Å². The van der Waals surface area contributed by atoms with Crippen molar-refractivity contribution in [2.75, 3.05) is 0 Å². The zero-order valence-corrected chi connectivity index (χ0v) is 15.0. The molecule has 1 aromatic carbocycles. The van der Waals surface area contributed by atoms with Crippen LogP contribution in [0.4, 0.5) is 13.6 Å². The number of benzene rings is 1. The molecular weight excluding hydrogens is 386 g/mol. The lowest BCUT2D eigenvalue weighted by Gasteiger charge is -2.23. The van der Waals surface area contributed by atoms with E-state index in [0.29, 0.717) is 17.9 Å². The van der Waals surface area contributed by atoms with Gasteiger partial charge < -0.3 is 13.7 Å². The van der Waals surface area contributed by atoms with E-state index in [2.05, 4.69) is 8.92 Å². The molecule has 0 N–H and O–H groups in total. The first kappa shape index (κ1) is 19.5. The molecule has 2 aliphatic carbocycles. The number of hydrogen-bond acceptors (Lipinski definition) is 7. The summed E-state index contributed by atoms with van der Waals surface area (Å²) in [6.07, 6.45) is 0.326. The molecule has 2 saturated carbocycles. The maximum Gasteiger partial charge on any atom is 0.524 e. The van der Waals surface area contributed by atoms with E-state index in [1.54, 1.807) is 30.3 Å². The topological polar surface area (TPSA) is 96.0 Å².